The van der Waals surface area contributed by atoms with E-state index in [0.29, 0.717) is 19.5 Å². The van der Waals surface area contributed by atoms with Crippen LogP contribution in [0.2, 0.25) is 5.02 Å². The Labute approximate surface area is 129 Å². The minimum absolute atomic E-state index is 0. The lowest BCUT2D eigenvalue weighted by molar-refractivity contribution is -0.120. The molecule has 110 valence electrons. The molecule has 1 aromatic carbocycles. The molecule has 0 fully saturated rings. The Bertz CT molecular complexity index is 569. The van der Waals surface area contributed by atoms with Crippen molar-refractivity contribution in [2.75, 3.05) is 20.1 Å². The SMILES string of the molecule is CNCCC(=O)NCCc1c[nH]c2ccc(Cl)cc12.Cl. The molecule has 0 spiro atoms. The standard InChI is InChI=1S/C14H18ClN3O.ClH/c1-16-6-5-14(19)17-7-4-10-9-18-13-3-2-11(15)8-12(10)13;/h2-3,8-9,16,18H,4-7H2,1H3,(H,17,19);1H. The van der Waals surface area contributed by atoms with Crippen molar-refractivity contribution in [3.8, 4) is 0 Å². The van der Waals surface area contributed by atoms with Gasteiger partial charge in [-0.25, -0.2) is 0 Å². The zero-order valence-electron chi connectivity index (χ0n) is 11.3. The predicted octanol–water partition coefficient (Wildman–Crippen LogP) is 2.51. The van der Waals surface area contributed by atoms with Crippen molar-refractivity contribution in [3.63, 3.8) is 0 Å². The van der Waals surface area contributed by atoms with Crippen LogP contribution in [-0.2, 0) is 11.2 Å². The molecule has 2 rings (SSSR count). The Morgan fingerprint density at radius 2 is 2.15 bits per heavy atom. The number of rotatable bonds is 6. The van der Waals surface area contributed by atoms with Gasteiger partial charge in [0.25, 0.3) is 0 Å². The fraction of sp³-hybridized carbons (Fsp3) is 0.357. The summed E-state index contributed by atoms with van der Waals surface area (Å²) in [6.07, 6.45) is 3.28. The molecule has 0 aliphatic rings. The third kappa shape index (κ3) is 4.40. The van der Waals surface area contributed by atoms with E-state index in [1.807, 2.05) is 31.4 Å². The highest BCUT2D eigenvalue weighted by atomic mass is 35.5. The largest absolute Gasteiger partial charge is 0.361 e. The lowest BCUT2D eigenvalue weighted by Gasteiger charge is -2.04. The summed E-state index contributed by atoms with van der Waals surface area (Å²) in [6, 6.07) is 5.78. The zero-order valence-corrected chi connectivity index (χ0v) is 12.9. The number of halogens is 2. The summed E-state index contributed by atoms with van der Waals surface area (Å²) in [7, 11) is 1.84. The maximum absolute atomic E-state index is 11.5. The van der Waals surface area contributed by atoms with Gasteiger partial charge in [-0.05, 0) is 37.2 Å². The van der Waals surface area contributed by atoms with E-state index in [9.17, 15) is 4.79 Å². The maximum atomic E-state index is 11.5. The van der Waals surface area contributed by atoms with Crippen LogP contribution in [0.1, 0.15) is 12.0 Å². The molecular formula is C14H19Cl2N3O. The molecule has 3 N–H and O–H groups in total. The van der Waals surface area contributed by atoms with Crippen molar-refractivity contribution in [1.82, 2.24) is 15.6 Å². The molecule has 4 nitrogen and oxygen atoms in total. The van der Waals surface area contributed by atoms with Gasteiger partial charge >= 0.3 is 0 Å². The van der Waals surface area contributed by atoms with E-state index in [-0.39, 0.29) is 18.3 Å². The zero-order chi connectivity index (χ0) is 13.7. The van der Waals surface area contributed by atoms with Crippen molar-refractivity contribution in [2.45, 2.75) is 12.8 Å². The molecule has 0 saturated carbocycles. The van der Waals surface area contributed by atoms with Gasteiger partial charge in [0.15, 0.2) is 0 Å². The van der Waals surface area contributed by atoms with E-state index in [2.05, 4.69) is 15.6 Å². The van der Waals surface area contributed by atoms with Gasteiger partial charge in [0, 0.05) is 41.6 Å². The maximum Gasteiger partial charge on any atom is 0.221 e. The molecule has 1 amide bonds. The molecule has 20 heavy (non-hydrogen) atoms. The molecule has 0 bridgehead atoms. The summed E-state index contributed by atoms with van der Waals surface area (Å²) in [5.74, 6) is 0.0761. The summed E-state index contributed by atoms with van der Waals surface area (Å²) < 4.78 is 0. The van der Waals surface area contributed by atoms with Gasteiger partial charge < -0.3 is 15.6 Å². The first kappa shape index (κ1) is 16.8. The Hall–Kier alpha value is -1.23. The van der Waals surface area contributed by atoms with Gasteiger partial charge in [-0.1, -0.05) is 11.6 Å². The fourth-order valence-electron chi connectivity index (χ4n) is 2.02. The topological polar surface area (TPSA) is 56.9 Å². The van der Waals surface area contributed by atoms with Crippen molar-refractivity contribution < 1.29 is 4.79 Å². The average molecular weight is 316 g/mol. The molecule has 0 saturated heterocycles. The lowest BCUT2D eigenvalue weighted by Crippen LogP contribution is -2.28. The first-order valence-corrected chi connectivity index (χ1v) is 6.75. The summed E-state index contributed by atoms with van der Waals surface area (Å²) in [6.45, 7) is 1.34. The number of hydrogen-bond donors (Lipinski definition) is 3. The summed E-state index contributed by atoms with van der Waals surface area (Å²) in [5, 5.41) is 7.71. The summed E-state index contributed by atoms with van der Waals surface area (Å²) >= 11 is 6.00. The van der Waals surface area contributed by atoms with E-state index in [4.69, 9.17) is 11.6 Å². The van der Waals surface area contributed by atoms with E-state index in [1.54, 1.807) is 0 Å². The van der Waals surface area contributed by atoms with Gasteiger partial charge in [-0.15, -0.1) is 12.4 Å². The molecule has 1 aromatic heterocycles. The number of aromatic nitrogens is 1. The minimum atomic E-state index is 0. The second-order valence-corrected chi connectivity index (χ2v) is 4.89. The molecule has 1 heterocycles. The predicted molar refractivity (Wildman–Crippen MR) is 85.8 cm³/mol. The average Bonchev–Trinajstić information content (AvgIpc) is 2.79. The van der Waals surface area contributed by atoms with E-state index in [1.165, 1.54) is 5.56 Å². The van der Waals surface area contributed by atoms with Crippen LogP contribution in [0.5, 0.6) is 0 Å². The lowest BCUT2D eigenvalue weighted by atomic mass is 10.1. The third-order valence-corrected chi connectivity index (χ3v) is 3.28. The van der Waals surface area contributed by atoms with Gasteiger partial charge in [-0.3, -0.25) is 4.79 Å². The van der Waals surface area contributed by atoms with Crippen LogP contribution >= 0.6 is 24.0 Å². The molecule has 0 aliphatic carbocycles. The van der Waals surface area contributed by atoms with Crippen molar-refractivity contribution in [2.24, 2.45) is 0 Å². The van der Waals surface area contributed by atoms with Crippen LogP contribution in [0, 0.1) is 0 Å². The smallest absolute Gasteiger partial charge is 0.221 e. The van der Waals surface area contributed by atoms with Crippen LogP contribution in [-0.4, -0.2) is 31.0 Å². The molecule has 0 aliphatic heterocycles. The number of fused-ring (bicyclic) bond motifs is 1. The second-order valence-electron chi connectivity index (χ2n) is 4.46. The monoisotopic (exact) mass is 315 g/mol. The van der Waals surface area contributed by atoms with E-state index in [0.717, 1.165) is 22.3 Å². The quantitative estimate of drug-likeness (QED) is 0.767. The highest BCUT2D eigenvalue weighted by Crippen LogP contribution is 2.22. The van der Waals surface area contributed by atoms with Gasteiger partial charge in [0.05, 0.1) is 0 Å². The number of carbonyl (C=O) groups excluding carboxylic acids is 1. The van der Waals surface area contributed by atoms with Crippen LogP contribution in [0.3, 0.4) is 0 Å². The number of nitrogens with one attached hydrogen (secondary N) is 3. The highest BCUT2D eigenvalue weighted by molar-refractivity contribution is 6.31. The first-order chi connectivity index (χ1) is 9.20. The van der Waals surface area contributed by atoms with E-state index < -0.39 is 0 Å². The Morgan fingerprint density at radius 1 is 1.35 bits per heavy atom. The van der Waals surface area contributed by atoms with Crippen LogP contribution in [0.25, 0.3) is 10.9 Å². The summed E-state index contributed by atoms with van der Waals surface area (Å²) in [4.78, 5) is 14.7. The number of H-pyrrole nitrogens is 1. The molecule has 0 radical (unpaired) electrons. The minimum Gasteiger partial charge on any atom is -0.361 e. The van der Waals surface area contributed by atoms with Crippen LogP contribution in [0.4, 0.5) is 0 Å². The van der Waals surface area contributed by atoms with Crippen LogP contribution < -0.4 is 10.6 Å². The molecule has 6 heteroatoms. The van der Waals surface area contributed by atoms with Gasteiger partial charge in [-0.2, -0.15) is 0 Å². The van der Waals surface area contributed by atoms with Gasteiger partial charge in [0.2, 0.25) is 5.91 Å². The van der Waals surface area contributed by atoms with E-state index >= 15 is 0 Å². The Balaban J connectivity index is 0.00000200. The van der Waals surface area contributed by atoms with Crippen molar-refractivity contribution in [3.05, 3.63) is 35.0 Å². The second kappa shape index (κ2) is 8.15. The number of hydrogen-bond acceptors (Lipinski definition) is 2. The molecule has 0 unspecified atom stereocenters. The van der Waals surface area contributed by atoms with Gasteiger partial charge in [0.1, 0.15) is 0 Å². The first-order valence-electron chi connectivity index (χ1n) is 6.37. The Kier molecular flexibility index (Phi) is 6.85. The number of carbonyl (C=O) groups is 1. The molecule has 2 aromatic rings. The number of benzene rings is 1. The highest BCUT2D eigenvalue weighted by Gasteiger charge is 2.05. The van der Waals surface area contributed by atoms with Crippen molar-refractivity contribution >= 4 is 40.8 Å². The Morgan fingerprint density at radius 3 is 2.90 bits per heavy atom. The fourth-order valence-corrected chi connectivity index (χ4v) is 2.19. The van der Waals surface area contributed by atoms with Crippen LogP contribution in [0.15, 0.2) is 24.4 Å². The number of amides is 1. The normalized spacial score (nSPS) is 10.3. The molecular weight excluding hydrogens is 297 g/mol. The summed E-state index contributed by atoms with van der Waals surface area (Å²) in [5.41, 5.74) is 2.24. The third-order valence-electron chi connectivity index (χ3n) is 3.05. The molecule has 0 atom stereocenters. The number of aromatic amines is 1. The van der Waals surface area contributed by atoms with Crippen molar-refractivity contribution in [1.29, 1.82) is 0 Å².